The summed E-state index contributed by atoms with van der Waals surface area (Å²) >= 11 is 0. The lowest BCUT2D eigenvalue weighted by molar-refractivity contribution is -0.137. The highest BCUT2D eigenvalue weighted by Gasteiger charge is 2.47. The summed E-state index contributed by atoms with van der Waals surface area (Å²) in [5.74, 6) is 0.374. The van der Waals surface area contributed by atoms with Gasteiger partial charge >= 0.3 is 12.3 Å². The Morgan fingerprint density at radius 3 is 2.38 bits per heavy atom. The molecule has 170 valence electrons. The fraction of sp³-hybridized carbons (Fsp3) is 0.480. The van der Waals surface area contributed by atoms with Crippen LogP contribution in [0.2, 0.25) is 0 Å². The number of carbonyl (C=O) groups excluding carboxylic acids is 1. The second-order valence-corrected chi connectivity index (χ2v) is 9.29. The molecule has 1 aliphatic carbocycles. The number of nitrogens with zero attached hydrogens (tertiary/aromatic N) is 2. The minimum atomic E-state index is -4.34. The molecule has 32 heavy (non-hydrogen) atoms. The lowest BCUT2D eigenvalue weighted by Crippen LogP contribution is -2.46. The van der Waals surface area contributed by atoms with Crippen LogP contribution in [0.4, 0.5) is 23.7 Å². The van der Waals surface area contributed by atoms with Crippen molar-refractivity contribution in [2.45, 2.75) is 56.3 Å². The van der Waals surface area contributed by atoms with E-state index in [4.69, 9.17) is 4.74 Å². The molecule has 2 aromatic carbocycles. The predicted octanol–water partition coefficient (Wildman–Crippen LogP) is 5.96. The van der Waals surface area contributed by atoms with Crippen LogP contribution in [0.15, 0.2) is 48.5 Å². The average Bonchev–Trinajstić information content (AvgIpc) is 3.05. The molecule has 0 aromatic heterocycles. The predicted molar refractivity (Wildman–Crippen MR) is 116 cm³/mol. The van der Waals surface area contributed by atoms with Gasteiger partial charge < -0.3 is 4.74 Å². The van der Waals surface area contributed by atoms with Gasteiger partial charge in [0.2, 0.25) is 0 Å². The molecule has 0 unspecified atom stereocenters. The summed E-state index contributed by atoms with van der Waals surface area (Å²) in [4.78, 5) is 16.4. The third-order valence-electron chi connectivity index (χ3n) is 7.21. The molecular weight excluding hydrogens is 417 g/mol. The number of alkyl halides is 3. The minimum Gasteiger partial charge on any atom is -0.441 e. The standard InChI is InChI=1S/C25H27F3N2O2/c26-25(27,28)20-9-10-22(18-5-4-6-18)19(15-20)16-29-13-11-24(12-14-29)17-30(23(31)32-24)21-7-2-1-3-8-21/h1-3,7-10,15,18H,4-6,11-14,16-17H2. The Labute approximate surface area is 186 Å². The molecule has 1 saturated carbocycles. The van der Waals surface area contributed by atoms with Crippen molar-refractivity contribution >= 4 is 11.8 Å². The van der Waals surface area contributed by atoms with Crippen LogP contribution in [0.25, 0.3) is 0 Å². The minimum absolute atomic E-state index is 0.324. The fourth-order valence-corrected chi connectivity index (χ4v) is 5.09. The number of benzene rings is 2. The molecule has 0 radical (unpaired) electrons. The third kappa shape index (κ3) is 4.10. The van der Waals surface area contributed by atoms with Gasteiger partial charge in [-0.3, -0.25) is 9.80 Å². The van der Waals surface area contributed by atoms with Crippen molar-refractivity contribution in [3.63, 3.8) is 0 Å². The third-order valence-corrected chi connectivity index (χ3v) is 7.21. The number of amides is 1. The van der Waals surface area contributed by atoms with Crippen LogP contribution in [-0.2, 0) is 17.5 Å². The summed E-state index contributed by atoms with van der Waals surface area (Å²) in [6, 6.07) is 13.7. The first kappa shape index (κ1) is 21.3. The molecule has 1 spiro atoms. The van der Waals surface area contributed by atoms with Crippen molar-refractivity contribution in [1.82, 2.24) is 4.90 Å². The highest BCUT2D eigenvalue weighted by atomic mass is 19.4. The number of hydrogen-bond acceptors (Lipinski definition) is 3. The molecule has 2 aromatic rings. The maximum Gasteiger partial charge on any atom is 0.416 e. The number of hydrogen-bond donors (Lipinski definition) is 0. The fourth-order valence-electron chi connectivity index (χ4n) is 5.09. The van der Waals surface area contributed by atoms with E-state index in [-0.39, 0.29) is 6.09 Å². The molecular formula is C25H27F3N2O2. The number of anilines is 1. The van der Waals surface area contributed by atoms with Crippen molar-refractivity contribution < 1.29 is 22.7 Å². The Morgan fingerprint density at radius 1 is 1.03 bits per heavy atom. The van der Waals surface area contributed by atoms with Crippen LogP contribution >= 0.6 is 0 Å². The molecule has 0 bridgehead atoms. The summed E-state index contributed by atoms with van der Waals surface area (Å²) in [6.07, 6.45) is -0.0628. The van der Waals surface area contributed by atoms with Crippen molar-refractivity contribution in [2.75, 3.05) is 24.5 Å². The summed E-state index contributed by atoms with van der Waals surface area (Å²) in [5, 5.41) is 0. The van der Waals surface area contributed by atoms with Crippen molar-refractivity contribution in [3.8, 4) is 0 Å². The van der Waals surface area contributed by atoms with Crippen LogP contribution in [-0.4, -0.2) is 36.2 Å². The SMILES string of the molecule is O=C1OC2(CCN(Cc3cc(C(F)(F)F)ccc3C3CCC3)CC2)CN1c1ccccc1. The molecule has 3 aliphatic rings. The molecule has 2 aliphatic heterocycles. The molecule has 1 amide bonds. The maximum atomic E-state index is 13.3. The van der Waals surface area contributed by atoms with Gasteiger partial charge in [-0.25, -0.2) is 4.79 Å². The first-order valence-electron chi connectivity index (χ1n) is 11.3. The van der Waals surface area contributed by atoms with E-state index in [0.29, 0.717) is 44.9 Å². The van der Waals surface area contributed by atoms with E-state index in [0.717, 1.165) is 36.1 Å². The lowest BCUT2D eigenvalue weighted by atomic mass is 9.77. The van der Waals surface area contributed by atoms with E-state index < -0.39 is 17.3 Å². The quantitative estimate of drug-likeness (QED) is 0.583. The Kier molecular flexibility index (Phi) is 5.40. The number of carbonyl (C=O) groups is 1. The van der Waals surface area contributed by atoms with Crippen LogP contribution in [0.1, 0.15) is 54.7 Å². The lowest BCUT2D eigenvalue weighted by Gasteiger charge is -2.38. The van der Waals surface area contributed by atoms with Crippen molar-refractivity contribution in [1.29, 1.82) is 0 Å². The number of halogens is 3. The molecule has 4 nitrogen and oxygen atoms in total. The Balaban J connectivity index is 1.28. The summed E-state index contributed by atoms with van der Waals surface area (Å²) in [5.41, 5.74) is 1.58. The van der Waals surface area contributed by atoms with Gasteiger partial charge in [-0.2, -0.15) is 13.2 Å². The zero-order chi connectivity index (χ0) is 22.3. The second kappa shape index (κ2) is 8.10. The Hall–Kier alpha value is -2.54. The Bertz CT molecular complexity index is 980. The van der Waals surface area contributed by atoms with Crippen molar-refractivity contribution in [2.24, 2.45) is 0 Å². The summed E-state index contributed by atoms with van der Waals surface area (Å²) in [7, 11) is 0. The van der Waals surface area contributed by atoms with E-state index in [1.165, 1.54) is 12.1 Å². The molecule has 3 fully saturated rings. The van der Waals surface area contributed by atoms with Crippen LogP contribution in [0.3, 0.4) is 0 Å². The topological polar surface area (TPSA) is 32.8 Å². The molecule has 2 saturated heterocycles. The number of ether oxygens (including phenoxy) is 1. The average molecular weight is 444 g/mol. The first-order chi connectivity index (χ1) is 15.3. The van der Waals surface area contributed by atoms with Gasteiger partial charge in [-0.05, 0) is 54.2 Å². The molecule has 5 rings (SSSR count). The molecule has 7 heteroatoms. The molecule has 2 heterocycles. The molecule has 0 atom stereocenters. The van der Waals surface area contributed by atoms with Gasteiger partial charge in [0.25, 0.3) is 0 Å². The van der Waals surface area contributed by atoms with Gasteiger partial charge in [0.15, 0.2) is 0 Å². The smallest absolute Gasteiger partial charge is 0.416 e. The van der Waals surface area contributed by atoms with Crippen molar-refractivity contribution in [3.05, 3.63) is 65.2 Å². The summed E-state index contributed by atoms with van der Waals surface area (Å²) < 4.78 is 45.8. The van der Waals surface area contributed by atoms with E-state index in [1.54, 1.807) is 11.0 Å². The normalized spacial score (nSPS) is 21.6. The van der Waals surface area contributed by atoms with E-state index in [1.807, 2.05) is 30.3 Å². The van der Waals surface area contributed by atoms with Crippen LogP contribution in [0.5, 0.6) is 0 Å². The van der Waals surface area contributed by atoms with Gasteiger partial charge in [0.05, 0.1) is 12.1 Å². The van der Waals surface area contributed by atoms with E-state index >= 15 is 0 Å². The van der Waals surface area contributed by atoms with E-state index in [2.05, 4.69) is 4.90 Å². The number of likely N-dealkylation sites (tertiary alicyclic amines) is 1. The maximum absolute atomic E-state index is 13.3. The van der Waals surface area contributed by atoms with Gasteiger partial charge in [-0.1, -0.05) is 30.7 Å². The first-order valence-corrected chi connectivity index (χ1v) is 11.3. The monoisotopic (exact) mass is 444 g/mol. The highest BCUT2D eigenvalue weighted by Crippen LogP contribution is 2.41. The highest BCUT2D eigenvalue weighted by molar-refractivity contribution is 5.90. The van der Waals surface area contributed by atoms with Crippen LogP contribution in [0, 0.1) is 0 Å². The van der Waals surface area contributed by atoms with Gasteiger partial charge in [0.1, 0.15) is 5.60 Å². The van der Waals surface area contributed by atoms with Gasteiger partial charge in [0, 0.05) is 38.2 Å². The number of rotatable bonds is 4. The largest absolute Gasteiger partial charge is 0.441 e. The second-order valence-electron chi connectivity index (χ2n) is 9.29. The number of para-hydroxylation sites is 1. The zero-order valence-corrected chi connectivity index (χ0v) is 17.9. The molecule has 0 N–H and O–H groups in total. The zero-order valence-electron chi connectivity index (χ0n) is 17.9. The van der Waals surface area contributed by atoms with Crippen LogP contribution < -0.4 is 4.90 Å². The number of piperidine rings is 1. The summed E-state index contributed by atoms with van der Waals surface area (Å²) in [6.45, 7) is 2.40. The van der Waals surface area contributed by atoms with E-state index in [9.17, 15) is 18.0 Å². The van der Waals surface area contributed by atoms with Gasteiger partial charge in [-0.15, -0.1) is 0 Å². The Morgan fingerprint density at radius 2 is 1.75 bits per heavy atom.